The Hall–Kier alpha value is -2.86. The molecule has 1 amide bonds. The van der Waals surface area contributed by atoms with Crippen LogP contribution < -0.4 is 10.1 Å². The Morgan fingerprint density at radius 1 is 1.08 bits per heavy atom. The quantitative estimate of drug-likeness (QED) is 0.647. The molecular formula is C19H21NO5. The van der Waals surface area contributed by atoms with Crippen molar-refractivity contribution < 1.29 is 24.5 Å². The SMILES string of the molecule is O=C(O)COc1cccc(C(=O)NCC(CCO)c2ccccc2)c1. The van der Waals surface area contributed by atoms with Gasteiger partial charge in [0.25, 0.3) is 5.91 Å². The Kier molecular flexibility index (Phi) is 6.98. The molecule has 6 heteroatoms. The number of aliphatic hydroxyl groups is 1. The highest BCUT2D eigenvalue weighted by atomic mass is 16.5. The van der Waals surface area contributed by atoms with E-state index < -0.39 is 12.6 Å². The van der Waals surface area contributed by atoms with Crippen LogP contribution in [0.25, 0.3) is 0 Å². The molecule has 2 rings (SSSR count). The van der Waals surface area contributed by atoms with Crippen LogP contribution in [0.4, 0.5) is 0 Å². The summed E-state index contributed by atoms with van der Waals surface area (Å²) in [6.07, 6.45) is 0.548. The van der Waals surface area contributed by atoms with E-state index in [1.54, 1.807) is 18.2 Å². The summed E-state index contributed by atoms with van der Waals surface area (Å²) >= 11 is 0. The molecule has 0 bridgehead atoms. The van der Waals surface area contributed by atoms with Crippen molar-refractivity contribution in [2.75, 3.05) is 19.8 Å². The standard InChI is InChI=1S/C19H21NO5/c21-10-9-16(14-5-2-1-3-6-14)12-20-19(24)15-7-4-8-17(11-15)25-13-18(22)23/h1-8,11,16,21H,9-10,12-13H2,(H,20,24)(H,22,23). The molecule has 0 fully saturated rings. The highest BCUT2D eigenvalue weighted by Gasteiger charge is 2.14. The largest absolute Gasteiger partial charge is 0.482 e. The van der Waals surface area contributed by atoms with E-state index >= 15 is 0 Å². The van der Waals surface area contributed by atoms with E-state index in [1.807, 2.05) is 30.3 Å². The van der Waals surface area contributed by atoms with Crippen LogP contribution in [0, 0.1) is 0 Å². The van der Waals surface area contributed by atoms with Crippen LogP contribution in [0.5, 0.6) is 5.75 Å². The Morgan fingerprint density at radius 3 is 2.52 bits per heavy atom. The van der Waals surface area contributed by atoms with Gasteiger partial charge in [0, 0.05) is 24.6 Å². The van der Waals surface area contributed by atoms with Gasteiger partial charge in [-0.15, -0.1) is 0 Å². The third kappa shape index (κ3) is 5.93. The number of carbonyl (C=O) groups excluding carboxylic acids is 1. The Labute approximate surface area is 146 Å². The third-order valence-electron chi connectivity index (χ3n) is 3.72. The van der Waals surface area contributed by atoms with E-state index in [4.69, 9.17) is 9.84 Å². The van der Waals surface area contributed by atoms with E-state index in [2.05, 4.69) is 5.32 Å². The minimum Gasteiger partial charge on any atom is -0.482 e. The van der Waals surface area contributed by atoms with Gasteiger partial charge in [0.15, 0.2) is 6.61 Å². The van der Waals surface area contributed by atoms with E-state index in [-0.39, 0.29) is 18.4 Å². The second-order valence-corrected chi connectivity index (χ2v) is 5.54. The fourth-order valence-corrected chi connectivity index (χ4v) is 2.46. The normalized spacial score (nSPS) is 11.6. The highest BCUT2D eigenvalue weighted by molar-refractivity contribution is 5.94. The van der Waals surface area contributed by atoms with Crippen molar-refractivity contribution >= 4 is 11.9 Å². The first kappa shape index (κ1) is 18.5. The molecule has 0 saturated heterocycles. The molecule has 0 spiro atoms. The number of benzene rings is 2. The maximum Gasteiger partial charge on any atom is 0.341 e. The van der Waals surface area contributed by atoms with Crippen LogP contribution in [-0.4, -0.2) is 41.8 Å². The Balaban J connectivity index is 1.98. The minimum atomic E-state index is -1.08. The average molecular weight is 343 g/mol. The van der Waals surface area contributed by atoms with Gasteiger partial charge < -0.3 is 20.3 Å². The van der Waals surface area contributed by atoms with Crippen LogP contribution in [0.15, 0.2) is 54.6 Å². The van der Waals surface area contributed by atoms with Gasteiger partial charge in [-0.05, 0) is 30.2 Å². The van der Waals surface area contributed by atoms with Gasteiger partial charge in [-0.2, -0.15) is 0 Å². The smallest absolute Gasteiger partial charge is 0.341 e. The number of carboxylic acids is 1. The zero-order chi connectivity index (χ0) is 18.1. The predicted molar refractivity (Wildman–Crippen MR) is 92.8 cm³/mol. The number of amides is 1. The van der Waals surface area contributed by atoms with Crippen molar-refractivity contribution in [1.29, 1.82) is 0 Å². The summed E-state index contributed by atoms with van der Waals surface area (Å²) in [5.74, 6) is -1.02. The summed E-state index contributed by atoms with van der Waals surface area (Å²) in [6.45, 7) is -0.0325. The van der Waals surface area contributed by atoms with Crippen molar-refractivity contribution in [3.63, 3.8) is 0 Å². The molecule has 6 nitrogen and oxygen atoms in total. The lowest BCUT2D eigenvalue weighted by Gasteiger charge is -2.17. The summed E-state index contributed by atoms with van der Waals surface area (Å²) in [7, 11) is 0. The van der Waals surface area contributed by atoms with Gasteiger partial charge in [0.2, 0.25) is 0 Å². The van der Waals surface area contributed by atoms with Crippen LogP contribution in [0.1, 0.15) is 28.3 Å². The van der Waals surface area contributed by atoms with Crippen LogP contribution in [0.3, 0.4) is 0 Å². The monoisotopic (exact) mass is 343 g/mol. The molecule has 1 atom stereocenters. The number of aliphatic hydroxyl groups excluding tert-OH is 1. The molecule has 25 heavy (non-hydrogen) atoms. The molecule has 1 unspecified atom stereocenters. The Bertz CT molecular complexity index is 702. The average Bonchev–Trinajstić information content (AvgIpc) is 2.64. The summed E-state index contributed by atoms with van der Waals surface area (Å²) in [5.41, 5.74) is 1.44. The number of ether oxygens (including phenoxy) is 1. The first-order valence-electron chi connectivity index (χ1n) is 7.99. The molecule has 2 aromatic carbocycles. The van der Waals surface area contributed by atoms with Crippen molar-refractivity contribution in [3.05, 3.63) is 65.7 Å². The van der Waals surface area contributed by atoms with Crippen molar-refractivity contribution in [2.24, 2.45) is 0 Å². The fraction of sp³-hybridized carbons (Fsp3) is 0.263. The molecule has 0 saturated carbocycles. The summed E-state index contributed by atoms with van der Waals surface area (Å²) in [6, 6.07) is 16.1. The van der Waals surface area contributed by atoms with E-state index in [0.717, 1.165) is 5.56 Å². The van der Waals surface area contributed by atoms with Crippen molar-refractivity contribution in [3.8, 4) is 5.75 Å². The zero-order valence-electron chi connectivity index (χ0n) is 13.7. The lowest BCUT2D eigenvalue weighted by atomic mass is 9.96. The Morgan fingerprint density at radius 2 is 1.84 bits per heavy atom. The molecule has 0 radical (unpaired) electrons. The summed E-state index contributed by atoms with van der Waals surface area (Å²) in [4.78, 5) is 22.9. The number of hydrogen-bond donors (Lipinski definition) is 3. The minimum absolute atomic E-state index is 0.0154. The first-order chi connectivity index (χ1) is 12.1. The van der Waals surface area contributed by atoms with Crippen LogP contribution in [0.2, 0.25) is 0 Å². The highest BCUT2D eigenvalue weighted by Crippen LogP contribution is 2.19. The van der Waals surface area contributed by atoms with Crippen LogP contribution in [-0.2, 0) is 4.79 Å². The molecular weight excluding hydrogens is 322 g/mol. The van der Waals surface area contributed by atoms with Gasteiger partial charge in [-0.25, -0.2) is 4.79 Å². The molecule has 0 aromatic heterocycles. The topological polar surface area (TPSA) is 95.9 Å². The van der Waals surface area contributed by atoms with E-state index in [1.165, 1.54) is 6.07 Å². The molecule has 0 aliphatic heterocycles. The predicted octanol–water partition coefficient (Wildman–Crippen LogP) is 2.05. The maximum atomic E-state index is 12.3. The van der Waals surface area contributed by atoms with E-state index in [9.17, 15) is 14.7 Å². The molecule has 2 aromatic rings. The second kappa shape index (κ2) is 9.44. The number of carbonyl (C=O) groups is 2. The van der Waals surface area contributed by atoms with Crippen molar-refractivity contribution in [2.45, 2.75) is 12.3 Å². The molecule has 0 heterocycles. The third-order valence-corrected chi connectivity index (χ3v) is 3.72. The van der Waals surface area contributed by atoms with Crippen molar-refractivity contribution in [1.82, 2.24) is 5.32 Å². The number of nitrogens with one attached hydrogen (secondary N) is 1. The van der Waals surface area contributed by atoms with Gasteiger partial charge in [0.05, 0.1) is 0 Å². The fourth-order valence-electron chi connectivity index (χ4n) is 2.46. The zero-order valence-corrected chi connectivity index (χ0v) is 13.7. The van der Waals surface area contributed by atoms with Gasteiger partial charge in [-0.1, -0.05) is 36.4 Å². The van der Waals surface area contributed by atoms with Gasteiger partial charge in [-0.3, -0.25) is 4.79 Å². The number of carboxylic acid groups (broad SMARTS) is 1. The van der Waals surface area contributed by atoms with Gasteiger partial charge >= 0.3 is 5.97 Å². The number of rotatable bonds is 9. The number of hydrogen-bond acceptors (Lipinski definition) is 4. The van der Waals surface area contributed by atoms with Crippen LogP contribution >= 0.6 is 0 Å². The number of aliphatic carboxylic acids is 1. The molecule has 0 aliphatic rings. The molecule has 3 N–H and O–H groups in total. The summed E-state index contributed by atoms with van der Waals surface area (Å²) < 4.78 is 5.08. The first-order valence-corrected chi connectivity index (χ1v) is 7.99. The lowest BCUT2D eigenvalue weighted by Crippen LogP contribution is -2.29. The molecule has 0 aliphatic carbocycles. The van der Waals surface area contributed by atoms with Gasteiger partial charge in [0.1, 0.15) is 5.75 Å². The lowest BCUT2D eigenvalue weighted by molar-refractivity contribution is -0.139. The summed E-state index contributed by atoms with van der Waals surface area (Å²) in [5, 5.41) is 20.7. The molecule has 132 valence electrons. The van der Waals surface area contributed by atoms with E-state index in [0.29, 0.717) is 24.3 Å². The second-order valence-electron chi connectivity index (χ2n) is 5.54. The maximum absolute atomic E-state index is 12.3.